The zero-order chi connectivity index (χ0) is 12.3. The van der Waals surface area contributed by atoms with Gasteiger partial charge in [0.25, 0.3) is 6.43 Å². The van der Waals surface area contributed by atoms with Crippen molar-refractivity contribution >= 4 is 21.9 Å². The van der Waals surface area contributed by atoms with Crippen LogP contribution < -0.4 is 0 Å². The molecule has 1 heterocycles. The van der Waals surface area contributed by atoms with Gasteiger partial charge in [0.1, 0.15) is 11.5 Å². The number of halogens is 4. The Morgan fingerprint density at radius 2 is 2.19 bits per heavy atom. The molecule has 0 saturated heterocycles. The monoisotopic (exact) mass is 297 g/mol. The third-order valence-electron chi connectivity index (χ3n) is 1.85. The minimum atomic E-state index is -2.92. The van der Waals surface area contributed by atoms with Crippen LogP contribution in [-0.2, 0) is 16.5 Å². The van der Waals surface area contributed by atoms with Crippen molar-refractivity contribution in [2.75, 3.05) is 0 Å². The Balaban J connectivity index is 3.24. The molecule has 0 spiro atoms. The minimum absolute atomic E-state index is 0.00759. The van der Waals surface area contributed by atoms with E-state index in [2.05, 4.69) is 20.9 Å². The lowest BCUT2D eigenvalue weighted by Crippen LogP contribution is -2.09. The van der Waals surface area contributed by atoms with Gasteiger partial charge in [0.15, 0.2) is 0 Å². The number of carbonyl (C=O) groups is 1. The number of carboxylic acid groups (broad SMARTS) is 1. The first-order valence-corrected chi connectivity index (χ1v) is 5.32. The Morgan fingerprint density at radius 3 is 2.62 bits per heavy atom. The summed E-state index contributed by atoms with van der Waals surface area (Å²) in [6.07, 6.45) is -3.51. The van der Waals surface area contributed by atoms with Crippen molar-refractivity contribution in [2.45, 2.75) is 18.2 Å². The Morgan fingerprint density at radius 1 is 1.56 bits per heavy atom. The van der Waals surface area contributed by atoms with Gasteiger partial charge in [0.05, 0.1) is 12.1 Å². The third kappa shape index (κ3) is 2.94. The maximum Gasteiger partial charge on any atom is 0.309 e. The summed E-state index contributed by atoms with van der Waals surface area (Å²) in [5, 5.41) is 8.57. The van der Waals surface area contributed by atoms with Crippen LogP contribution in [0.2, 0.25) is 0 Å². The van der Waals surface area contributed by atoms with E-state index in [1.165, 1.54) is 0 Å². The molecule has 0 aliphatic heterocycles. The minimum Gasteiger partial charge on any atom is -0.481 e. The van der Waals surface area contributed by atoms with Gasteiger partial charge in [-0.2, -0.15) is 0 Å². The van der Waals surface area contributed by atoms with E-state index in [0.29, 0.717) is 6.07 Å². The van der Waals surface area contributed by atoms with Crippen LogP contribution in [0.5, 0.6) is 0 Å². The lowest BCUT2D eigenvalue weighted by atomic mass is 10.1. The molecular weight excluding hydrogens is 291 g/mol. The van der Waals surface area contributed by atoms with E-state index in [9.17, 15) is 18.0 Å². The lowest BCUT2D eigenvalue weighted by molar-refractivity contribution is -0.136. The molecule has 0 fully saturated rings. The van der Waals surface area contributed by atoms with Crippen molar-refractivity contribution in [3.8, 4) is 0 Å². The molecule has 1 aromatic heterocycles. The van der Waals surface area contributed by atoms with Crippen LogP contribution >= 0.6 is 15.9 Å². The number of rotatable bonds is 4. The fraction of sp³-hybridized carbons (Fsp3) is 0.333. The highest BCUT2D eigenvalue weighted by molar-refractivity contribution is 9.08. The summed E-state index contributed by atoms with van der Waals surface area (Å²) in [6, 6.07) is 0.618. The second-order valence-electron chi connectivity index (χ2n) is 2.96. The van der Waals surface area contributed by atoms with Crippen molar-refractivity contribution in [1.29, 1.82) is 0 Å². The summed E-state index contributed by atoms with van der Waals surface area (Å²) in [4.78, 5) is 13.9. The summed E-state index contributed by atoms with van der Waals surface area (Å²) >= 11 is 2.95. The van der Waals surface area contributed by atoms with Crippen molar-refractivity contribution in [1.82, 2.24) is 4.98 Å². The molecule has 0 radical (unpaired) electrons. The van der Waals surface area contributed by atoms with Gasteiger partial charge in [0, 0.05) is 17.0 Å². The molecule has 0 amide bonds. The quantitative estimate of drug-likeness (QED) is 0.869. The zero-order valence-electron chi connectivity index (χ0n) is 7.88. The summed E-state index contributed by atoms with van der Waals surface area (Å²) in [5.74, 6) is -2.13. The SMILES string of the molecule is O=C(O)Cc1nc(C(F)F)cc(F)c1CBr. The van der Waals surface area contributed by atoms with Crippen molar-refractivity contribution in [3.05, 3.63) is 28.8 Å². The maximum absolute atomic E-state index is 13.3. The topological polar surface area (TPSA) is 50.2 Å². The Bertz CT molecular complexity index is 412. The number of aromatic nitrogens is 1. The molecule has 1 N–H and O–H groups in total. The van der Waals surface area contributed by atoms with E-state index >= 15 is 0 Å². The molecule has 1 aromatic rings. The number of alkyl halides is 3. The van der Waals surface area contributed by atoms with Gasteiger partial charge in [-0.3, -0.25) is 9.78 Å². The molecule has 0 saturated carbocycles. The van der Waals surface area contributed by atoms with Crippen LogP contribution in [0.25, 0.3) is 0 Å². The van der Waals surface area contributed by atoms with Gasteiger partial charge < -0.3 is 5.11 Å². The molecule has 0 atom stereocenters. The van der Waals surface area contributed by atoms with Crippen LogP contribution in [-0.4, -0.2) is 16.1 Å². The molecule has 88 valence electrons. The Kier molecular flexibility index (Phi) is 4.28. The first-order valence-electron chi connectivity index (χ1n) is 4.19. The van der Waals surface area contributed by atoms with E-state index in [-0.39, 0.29) is 16.6 Å². The summed E-state index contributed by atoms with van der Waals surface area (Å²) in [7, 11) is 0. The van der Waals surface area contributed by atoms with Gasteiger partial charge in [0.2, 0.25) is 0 Å². The fourth-order valence-corrected chi connectivity index (χ4v) is 1.74. The van der Waals surface area contributed by atoms with E-state index in [1.807, 2.05) is 0 Å². The predicted molar refractivity (Wildman–Crippen MR) is 53.1 cm³/mol. The number of carboxylic acids is 1. The average molecular weight is 298 g/mol. The molecule has 0 aliphatic carbocycles. The highest BCUT2D eigenvalue weighted by Gasteiger charge is 2.18. The molecule has 0 aliphatic rings. The number of pyridine rings is 1. The first-order chi connectivity index (χ1) is 7.45. The van der Waals surface area contributed by atoms with Gasteiger partial charge in [-0.05, 0) is 0 Å². The zero-order valence-corrected chi connectivity index (χ0v) is 9.47. The maximum atomic E-state index is 13.3. The normalized spacial score (nSPS) is 10.8. The van der Waals surface area contributed by atoms with E-state index in [1.54, 1.807) is 0 Å². The fourth-order valence-electron chi connectivity index (χ4n) is 1.15. The van der Waals surface area contributed by atoms with Crippen LogP contribution in [0.4, 0.5) is 13.2 Å². The van der Waals surface area contributed by atoms with Crippen molar-refractivity contribution < 1.29 is 23.1 Å². The first kappa shape index (κ1) is 13.0. The van der Waals surface area contributed by atoms with Crippen LogP contribution in [0.3, 0.4) is 0 Å². The lowest BCUT2D eigenvalue weighted by Gasteiger charge is -2.08. The molecule has 16 heavy (non-hydrogen) atoms. The highest BCUT2D eigenvalue weighted by atomic mass is 79.9. The van der Waals surface area contributed by atoms with Gasteiger partial charge >= 0.3 is 5.97 Å². The molecule has 1 rings (SSSR count). The average Bonchev–Trinajstić information content (AvgIpc) is 2.16. The summed E-state index contributed by atoms with van der Waals surface area (Å²) < 4.78 is 37.9. The number of nitrogens with zero attached hydrogens (tertiary/aromatic N) is 1. The molecule has 0 aromatic carbocycles. The Labute approximate surface area is 97.4 Å². The van der Waals surface area contributed by atoms with Crippen molar-refractivity contribution in [2.24, 2.45) is 0 Å². The van der Waals surface area contributed by atoms with E-state index < -0.39 is 30.3 Å². The standard InChI is InChI=1S/C9H7BrF3NO2/c10-3-4-5(11)1-7(9(12)13)14-6(4)2-8(15)16/h1,9H,2-3H2,(H,15,16). The summed E-state index contributed by atoms with van der Waals surface area (Å²) in [6.45, 7) is 0. The molecule has 0 unspecified atom stereocenters. The third-order valence-corrected chi connectivity index (χ3v) is 2.41. The summed E-state index contributed by atoms with van der Waals surface area (Å²) in [5.41, 5.74) is -0.940. The highest BCUT2D eigenvalue weighted by Crippen LogP contribution is 2.23. The second kappa shape index (κ2) is 5.29. The number of hydrogen-bond donors (Lipinski definition) is 1. The van der Waals surface area contributed by atoms with Crippen LogP contribution in [0, 0.1) is 5.82 Å². The Hall–Kier alpha value is -1.11. The molecule has 0 bridgehead atoms. The van der Waals surface area contributed by atoms with Gasteiger partial charge in [-0.25, -0.2) is 13.2 Å². The van der Waals surface area contributed by atoms with Crippen LogP contribution in [0.1, 0.15) is 23.4 Å². The van der Waals surface area contributed by atoms with E-state index in [4.69, 9.17) is 5.11 Å². The van der Waals surface area contributed by atoms with Crippen molar-refractivity contribution in [3.63, 3.8) is 0 Å². The predicted octanol–water partition coefficient (Wildman–Crippen LogP) is 2.68. The van der Waals surface area contributed by atoms with Crippen LogP contribution in [0.15, 0.2) is 6.07 Å². The van der Waals surface area contributed by atoms with Gasteiger partial charge in [-0.15, -0.1) is 0 Å². The molecular formula is C9H7BrF3NO2. The number of hydrogen-bond acceptors (Lipinski definition) is 2. The molecule has 3 nitrogen and oxygen atoms in total. The largest absolute Gasteiger partial charge is 0.481 e. The number of aliphatic carboxylic acids is 1. The van der Waals surface area contributed by atoms with E-state index in [0.717, 1.165) is 0 Å². The van der Waals surface area contributed by atoms with Gasteiger partial charge in [-0.1, -0.05) is 15.9 Å². The molecule has 7 heteroatoms. The smallest absolute Gasteiger partial charge is 0.309 e. The second-order valence-corrected chi connectivity index (χ2v) is 3.52.